The number of nitrogens with zero attached hydrogens (tertiary/aromatic N) is 4. The Labute approximate surface area is 185 Å². The van der Waals surface area contributed by atoms with Gasteiger partial charge in [0.15, 0.2) is 5.82 Å². The molecule has 7 nitrogen and oxygen atoms in total. The third-order valence-electron chi connectivity index (χ3n) is 5.35. The average molecular weight is 432 g/mol. The minimum Gasteiger partial charge on any atom is -0.399 e. The van der Waals surface area contributed by atoms with Crippen LogP contribution in [-0.2, 0) is 6.54 Å². The quantitative estimate of drug-likeness (QED) is 0.413. The predicted molar refractivity (Wildman–Crippen MR) is 125 cm³/mol. The molecule has 4 N–H and O–H groups in total. The van der Waals surface area contributed by atoms with Crippen LogP contribution in [0.5, 0.6) is 0 Å². The van der Waals surface area contributed by atoms with Crippen LogP contribution >= 0.6 is 11.6 Å². The Kier molecular flexibility index (Phi) is 5.28. The number of anilines is 2. The summed E-state index contributed by atoms with van der Waals surface area (Å²) in [4.78, 5) is 13.5. The fourth-order valence-electron chi connectivity index (χ4n) is 3.81. The first-order valence-electron chi connectivity index (χ1n) is 10.2. The minimum atomic E-state index is 0.460. The van der Waals surface area contributed by atoms with Gasteiger partial charge in [-0.3, -0.25) is 9.55 Å². The predicted octanol–water partition coefficient (Wildman–Crippen LogP) is 4.04. The molecule has 0 saturated heterocycles. The van der Waals surface area contributed by atoms with Gasteiger partial charge in [0.2, 0.25) is 5.95 Å². The van der Waals surface area contributed by atoms with Crippen LogP contribution in [0.2, 0.25) is 5.02 Å². The number of rotatable bonds is 5. The molecule has 156 valence electrons. The molecule has 3 aromatic heterocycles. The zero-order valence-electron chi connectivity index (χ0n) is 16.8. The second kappa shape index (κ2) is 8.37. The van der Waals surface area contributed by atoms with E-state index in [1.807, 2.05) is 41.0 Å². The Morgan fingerprint density at radius 2 is 2.13 bits per heavy atom. The monoisotopic (exact) mass is 431 g/mol. The van der Waals surface area contributed by atoms with Crippen LogP contribution < -0.4 is 16.4 Å². The van der Waals surface area contributed by atoms with Crippen LogP contribution in [0.3, 0.4) is 0 Å². The first-order chi connectivity index (χ1) is 15.2. The van der Waals surface area contributed by atoms with E-state index in [9.17, 15) is 0 Å². The number of nitrogen functional groups attached to an aromatic ring is 1. The highest BCUT2D eigenvalue weighted by Crippen LogP contribution is 2.33. The van der Waals surface area contributed by atoms with Gasteiger partial charge in [-0.25, -0.2) is 4.98 Å². The fraction of sp³-hybridized carbons (Fsp3) is 0.174. The minimum absolute atomic E-state index is 0.460. The highest BCUT2D eigenvalue weighted by atomic mass is 35.5. The topological polar surface area (TPSA) is 93.7 Å². The molecule has 0 unspecified atom stereocenters. The molecular formula is C23H22ClN7. The number of aromatic nitrogens is 4. The summed E-state index contributed by atoms with van der Waals surface area (Å²) in [6.45, 7) is 2.34. The van der Waals surface area contributed by atoms with Crippen molar-refractivity contribution in [2.75, 3.05) is 24.1 Å². The Morgan fingerprint density at radius 3 is 2.94 bits per heavy atom. The van der Waals surface area contributed by atoms with Crippen LogP contribution in [0.15, 0.2) is 61.1 Å². The molecule has 0 aliphatic carbocycles. The van der Waals surface area contributed by atoms with Crippen molar-refractivity contribution < 1.29 is 0 Å². The number of nitrogens with two attached hydrogens (primary N) is 1. The average Bonchev–Trinajstić information content (AvgIpc) is 3.18. The molecule has 0 atom stereocenters. The Hall–Kier alpha value is -3.42. The van der Waals surface area contributed by atoms with E-state index >= 15 is 0 Å². The molecule has 31 heavy (non-hydrogen) atoms. The Balaban J connectivity index is 1.55. The molecule has 5 rings (SSSR count). The van der Waals surface area contributed by atoms with Crippen molar-refractivity contribution in [3.8, 4) is 5.95 Å². The standard InChI is InChI=1S/C23H22ClN7/c24-20-13-29-23(30-22(20)28-12-17-3-1-2-8-27-17)31-14-19(15-6-9-26-10-7-15)18-11-16(25)4-5-21(18)31/h1-6,8,11,13-14,26H,7,9-10,12,25H2,(H,28,29,30). The van der Waals surface area contributed by atoms with Crippen molar-refractivity contribution >= 4 is 39.6 Å². The fourth-order valence-corrected chi connectivity index (χ4v) is 3.97. The molecular weight excluding hydrogens is 410 g/mol. The van der Waals surface area contributed by atoms with Crippen LogP contribution in [0.4, 0.5) is 11.5 Å². The Morgan fingerprint density at radius 1 is 1.19 bits per heavy atom. The largest absolute Gasteiger partial charge is 0.399 e. The lowest BCUT2D eigenvalue weighted by Crippen LogP contribution is -2.19. The van der Waals surface area contributed by atoms with E-state index in [4.69, 9.17) is 22.3 Å². The normalized spacial score (nSPS) is 13.9. The molecule has 0 spiro atoms. The van der Waals surface area contributed by atoms with E-state index in [2.05, 4.69) is 32.9 Å². The molecule has 0 radical (unpaired) electrons. The lowest BCUT2D eigenvalue weighted by molar-refractivity contribution is 0.739. The lowest BCUT2D eigenvalue weighted by atomic mass is 9.99. The van der Waals surface area contributed by atoms with Crippen molar-refractivity contribution in [3.63, 3.8) is 0 Å². The summed E-state index contributed by atoms with van der Waals surface area (Å²) < 4.78 is 2.00. The van der Waals surface area contributed by atoms with Gasteiger partial charge in [-0.1, -0.05) is 23.7 Å². The van der Waals surface area contributed by atoms with Gasteiger partial charge in [0.25, 0.3) is 0 Å². The van der Waals surface area contributed by atoms with Gasteiger partial charge in [0.1, 0.15) is 5.02 Å². The molecule has 0 bridgehead atoms. The molecule has 0 saturated carbocycles. The highest BCUT2D eigenvalue weighted by Gasteiger charge is 2.17. The van der Waals surface area contributed by atoms with Crippen LogP contribution in [0.25, 0.3) is 22.4 Å². The number of hydrogen-bond acceptors (Lipinski definition) is 6. The van der Waals surface area contributed by atoms with Gasteiger partial charge in [0.05, 0.1) is 24.0 Å². The second-order valence-electron chi connectivity index (χ2n) is 7.41. The van der Waals surface area contributed by atoms with E-state index in [-0.39, 0.29) is 0 Å². The smallest absolute Gasteiger partial charge is 0.236 e. The van der Waals surface area contributed by atoms with Crippen molar-refractivity contribution in [2.45, 2.75) is 13.0 Å². The van der Waals surface area contributed by atoms with Gasteiger partial charge in [-0.05, 0) is 48.9 Å². The van der Waals surface area contributed by atoms with E-state index in [1.54, 1.807) is 12.4 Å². The Bertz CT molecular complexity index is 1260. The van der Waals surface area contributed by atoms with Gasteiger partial charge >= 0.3 is 0 Å². The number of pyridine rings is 1. The SMILES string of the molecule is Nc1ccc2c(c1)c(C1=CCNCC1)cn2-c1ncc(Cl)c(NCc2ccccn2)n1. The van der Waals surface area contributed by atoms with Crippen LogP contribution in [0.1, 0.15) is 17.7 Å². The summed E-state index contributed by atoms with van der Waals surface area (Å²) in [5, 5.41) is 8.18. The molecule has 0 fully saturated rings. The summed E-state index contributed by atoms with van der Waals surface area (Å²) in [5.41, 5.74) is 11.2. The summed E-state index contributed by atoms with van der Waals surface area (Å²) in [6, 6.07) is 11.7. The van der Waals surface area contributed by atoms with Crippen molar-refractivity contribution in [1.82, 2.24) is 24.8 Å². The lowest BCUT2D eigenvalue weighted by Gasteiger charge is -2.13. The number of fused-ring (bicyclic) bond motifs is 1. The summed E-state index contributed by atoms with van der Waals surface area (Å²) in [6.07, 6.45) is 8.67. The zero-order valence-corrected chi connectivity index (χ0v) is 17.6. The van der Waals surface area contributed by atoms with Gasteiger partial charge < -0.3 is 16.4 Å². The third kappa shape index (κ3) is 3.97. The molecule has 1 aliphatic heterocycles. The maximum Gasteiger partial charge on any atom is 0.236 e. The van der Waals surface area contributed by atoms with Crippen LogP contribution in [0, 0.1) is 0 Å². The summed E-state index contributed by atoms with van der Waals surface area (Å²) in [5.74, 6) is 1.11. The third-order valence-corrected chi connectivity index (χ3v) is 5.62. The van der Waals surface area contributed by atoms with E-state index in [0.717, 1.165) is 47.4 Å². The molecule has 4 heterocycles. The van der Waals surface area contributed by atoms with Crippen molar-refractivity contribution in [1.29, 1.82) is 0 Å². The van der Waals surface area contributed by atoms with Gasteiger partial charge in [0, 0.05) is 35.6 Å². The number of nitrogens with one attached hydrogen (secondary N) is 2. The molecule has 8 heteroatoms. The number of halogens is 1. The van der Waals surface area contributed by atoms with E-state index in [0.29, 0.717) is 23.3 Å². The van der Waals surface area contributed by atoms with Gasteiger partial charge in [-0.2, -0.15) is 4.98 Å². The van der Waals surface area contributed by atoms with Gasteiger partial charge in [-0.15, -0.1) is 0 Å². The van der Waals surface area contributed by atoms with Crippen LogP contribution in [-0.4, -0.2) is 32.6 Å². The summed E-state index contributed by atoms with van der Waals surface area (Å²) >= 11 is 6.37. The molecule has 1 aromatic carbocycles. The van der Waals surface area contributed by atoms with E-state index in [1.165, 1.54) is 5.57 Å². The zero-order chi connectivity index (χ0) is 21.2. The van der Waals surface area contributed by atoms with Crippen molar-refractivity contribution in [2.24, 2.45) is 0 Å². The summed E-state index contributed by atoms with van der Waals surface area (Å²) in [7, 11) is 0. The molecule has 1 aliphatic rings. The number of hydrogen-bond donors (Lipinski definition) is 3. The molecule has 0 amide bonds. The number of benzene rings is 1. The first-order valence-corrected chi connectivity index (χ1v) is 10.5. The molecule has 4 aromatic rings. The highest BCUT2D eigenvalue weighted by molar-refractivity contribution is 6.32. The maximum atomic E-state index is 6.37. The van der Waals surface area contributed by atoms with E-state index < -0.39 is 0 Å². The maximum absolute atomic E-state index is 6.37. The second-order valence-corrected chi connectivity index (χ2v) is 7.82. The first kappa shape index (κ1) is 19.5. The van der Waals surface area contributed by atoms with Crippen molar-refractivity contribution in [3.05, 3.63) is 77.3 Å².